The Morgan fingerprint density at radius 1 is 1.50 bits per heavy atom. The van der Waals surface area contributed by atoms with Crippen LogP contribution in [0, 0.1) is 0 Å². The van der Waals surface area contributed by atoms with Crippen LogP contribution in [0.5, 0.6) is 0 Å². The van der Waals surface area contributed by atoms with Crippen LogP contribution in [0.25, 0.3) is 0 Å². The zero-order valence-corrected chi connectivity index (χ0v) is 8.53. The molecule has 1 aromatic carbocycles. The van der Waals surface area contributed by atoms with Gasteiger partial charge in [-0.3, -0.25) is 0 Å². The topological polar surface area (TPSA) is 46.2 Å². The van der Waals surface area contributed by atoms with Crippen molar-refractivity contribution in [2.24, 2.45) is 5.73 Å². The van der Waals surface area contributed by atoms with E-state index in [1.807, 2.05) is 12.1 Å². The van der Waals surface area contributed by atoms with Crippen LogP contribution in [0.1, 0.15) is 36.8 Å². The van der Waals surface area contributed by atoms with Crippen molar-refractivity contribution < 1.29 is 5.11 Å². The predicted molar refractivity (Wildman–Crippen MR) is 57.0 cm³/mol. The summed E-state index contributed by atoms with van der Waals surface area (Å²) in [4.78, 5) is 0. The molecule has 2 nitrogen and oxygen atoms in total. The standard InChI is InChI=1S/C12H17NO/c1-9(8-13)10-3-2-4-11(7-10)12(14)5-6-12/h2-4,7,9,14H,5-6,8,13H2,1H3. The van der Waals surface area contributed by atoms with Gasteiger partial charge in [-0.25, -0.2) is 0 Å². The number of hydrogen-bond donors (Lipinski definition) is 2. The molecule has 0 aromatic heterocycles. The fourth-order valence-corrected chi connectivity index (χ4v) is 1.68. The maximum atomic E-state index is 9.95. The van der Waals surface area contributed by atoms with Crippen molar-refractivity contribution in [2.75, 3.05) is 6.54 Å². The molecule has 0 saturated heterocycles. The molecule has 0 aliphatic heterocycles. The number of benzene rings is 1. The van der Waals surface area contributed by atoms with Crippen molar-refractivity contribution >= 4 is 0 Å². The lowest BCUT2D eigenvalue weighted by molar-refractivity contribution is 0.151. The molecule has 1 aliphatic rings. The molecule has 1 atom stereocenters. The van der Waals surface area contributed by atoms with Crippen molar-refractivity contribution in [2.45, 2.75) is 31.3 Å². The number of hydrogen-bond acceptors (Lipinski definition) is 2. The van der Waals surface area contributed by atoms with Crippen molar-refractivity contribution in [3.63, 3.8) is 0 Å². The molecule has 1 unspecified atom stereocenters. The van der Waals surface area contributed by atoms with E-state index in [4.69, 9.17) is 5.73 Å². The summed E-state index contributed by atoms with van der Waals surface area (Å²) >= 11 is 0. The second kappa shape index (κ2) is 3.37. The van der Waals surface area contributed by atoms with Gasteiger partial charge in [-0.15, -0.1) is 0 Å². The van der Waals surface area contributed by atoms with E-state index in [9.17, 15) is 5.11 Å². The molecule has 0 spiro atoms. The number of rotatable bonds is 3. The summed E-state index contributed by atoms with van der Waals surface area (Å²) in [6.45, 7) is 2.76. The Labute approximate surface area is 84.7 Å². The lowest BCUT2D eigenvalue weighted by Crippen LogP contribution is -2.10. The second-order valence-electron chi connectivity index (χ2n) is 4.29. The van der Waals surface area contributed by atoms with Crippen LogP contribution in [0.15, 0.2) is 24.3 Å². The maximum absolute atomic E-state index is 9.95. The molecule has 3 N–H and O–H groups in total. The quantitative estimate of drug-likeness (QED) is 0.764. The van der Waals surface area contributed by atoms with Gasteiger partial charge in [0.2, 0.25) is 0 Å². The minimum Gasteiger partial charge on any atom is -0.385 e. The summed E-state index contributed by atoms with van der Waals surface area (Å²) in [5, 5.41) is 9.95. The number of nitrogens with two attached hydrogens (primary N) is 1. The van der Waals surface area contributed by atoms with E-state index in [0.717, 1.165) is 18.4 Å². The van der Waals surface area contributed by atoms with Crippen LogP contribution < -0.4 is 5.73 Å². The fraction of sp³-hybridized carbons (Fsp3) is 0.500. The van der Waals surface area contributed by atoms with E-state index < -0.39 is 5.60 Å². The van der Waals surface area contributed by atoms with Crippen LogP contribution in [0.3, 0.4) is 0 Å². The van der Waals surface area contributed by atoms with Crippen LogP contribution in [0.2, 0.25) is 0 Å². The predicted octanol–water partition coefficient (Wildman–Crippen LogP) is 1.73. The first-order valence-electron chi connectivity index (χ1n) is 5.18. The monoisotopic (exact) mass is 191 g/mol. The van der Waals surface area contributed by atoms with Crippen molar-refractivity contribution in [1.29, 1.82) is 0 Å². The summed E-state index contributed by atoms with van der Waals surface area (Å²) in [6, 6.07) is 8.17. The third-order valence-electron chi connectivity index (χ3n) is 3.07. The minimum absolute atomic E-state index is 0.372. The highest BCUT2D eigenvalue weighted by molar-refractivity contribution is 5.33. The molecule has 76 valence electrons. The highest BCUT2D eigenvalue weighted by atomic mass is 16.3. The van der Waals surface area contributed by atoms with Crippen LogP contribution >= 0.6 is 0 Å². The van der Waals surface area contributed by atoms with E-state index in [1.54, 1.807) is 0 Å². The molecule has 2 heteroatoms. The van der Waals surface area contributed by atoms with Crippen molar-refractivity contribution in [1.82, 2.24) is 0 Å². The summed E-state index contributed by atoms with van der Waals surface area (Å²) in [6.07, 6.45) is 1.79. The third kappa shape index (κ3) is 1.68. The van der Waals surface area contributed by atoms with Gasteiger partial charge in [0, 0.05) is 0 Å². The Balaban J connectivity index is 2.27. The molecular weight excluding hydrogens is 174 g/mol. The Morgan fingerprint density at radius 2 is 2.21 bits per heavy atom. The highest BCUT2D eigenvalue weighted by Crippen LogP contribution is 2.45. The summed E-state index contributed by atoms with van der Waals surface area (Å²) in [5.41, 5.74) is 7.37. The first-order chi connectivity index (χ1) is 6.65. The molecule has 1 aliphatic carbocycles. The van der Waals surface area contributed by atoms with Crippen LogP contribution in [-0.2, 0) is 5.60 Å². The molecule has 2 rings (SSSR count). The summed E-state index contributed by atoms with van der Waals surface area (Å²) in [5.74, 6) is 0.372. The minimum atomic E-state index is -0.523. The molecule has 0 heterocycles. The van der Waals surface area contributed by atoms with Gasteiger partial charge < -0.3 is 10.8 Å². The fourth-order valence-electron chi connectivity index (χ4n) is 1.68. The van der Waals surface area contributed by atoms with Gasteiger partial charge in [-0.2, -0.15) is 0 Å². The molecule has 1 fully saturated rings. The smallest absolute Gasteiger partial charge is 0.0899 e. The zero-order chi connectivity index (χ0) is 10.2. The summed E-state index contributed by atoms with van der Waals surface area (Å²) in [7, 11) is 0. The first-order valence-corrected chi connectivity index (χ1v) is 5.18. The SMILES string of the molecule is CC(CN)c1cccc(C2(O)CC2)c1. The number of aliphatic hydroxyl groups is 1. The zero-order valence-electron chi connectivity index (χ0n) is 8.53. The second-order valence-corrected chi connectivity index (χ2v) is 4.29. The van der Waals surface area contributed by atoms with Gasteiger partial charge in [-0.05, 0) is 36.4 Å². The molecule has 0 radical (unpaired) electrons. The average Bonchev–Trinajstić information content (AvgIpc) is 2.97. The van der Waals surface area contributed by atoms with Crippen LogP contribution in [-0.4, -0.2) is 11.7 Å². The van der Waals surface area contributed by atoms with E-state index in [0.29, 0.717) is 12.5 Å². The lowest BCUT2D eigenvalue weighted by atomic mass is 9.97. The average molecular weight is 191 g/mol. The molecule has 1 saturated carbocycles. The normalized spacial score (nSPS) is 20.5. The van der Waals surface area contributed by atoms with E-state index in [-0.39, 0.29) is 0 Å². The Hall–Kier alpha value is -0.860. The largest absolute Gasteiger partial charge is 0.385 e. The van der Waals surface area contributed by atoms with E-state index in [2.05, 4.69) is 19.1 Å². The molecule has 0 amide bonds. The molecular formula is C12H17NO. The molecule has 14 heavy (non-hydrogen) atoms. The Morgan fingerprint density at radius 3 is 2.79 bits per heavy atom. The van der Waals surface area contributed by atoms with Crippen molar-refractivity contribution in [3.05, 3.63) is 35.4 Å². The van der Waals surface area contributed by atoms with Gasteiger partial charge in [0.05, 0.1) is 5.60 Å². The third-order valence-corrected chi connectivity index (χ3v) is 3.07. The van der Waals surface area contributed by atoms with Gasteiger partial charge >= 0.3 is 0 Å². The van der Waals surface area contributed by atoms with Crippen LogP contribution in [0.4, 0.5) is 0 Å². The Bertz CT molecular complexity index is 331. The molecule has 0 bridgehead atoms. The Kier molecular flexibility index (Phi) is 2.33. The maximum Gasteiger partial charge on any atom is 0.0899 e. The van der Waals surface area contributed by atoms with Crippen molar-refractivity contribution in [3.8, 4) is 0 Å². The first kappa shape index (κ1) is 9.69. The van der Waals surface area contributed by atoms with Gasteiger partial charge in [0.1, 0.15) is 0 Å². The molecule has 1 aromatic rings. The van der Waals surface area contributed by atoms with Gasteiger partial charge in [0.15, 0.2) is 0 Å². The van der Waals surface area contributed by atoms with Gasteiger partial charge in [0.25, 0.3) is 0 Å². The highest BCUT2D eigenvalue weighted by Gasteiger charge is 2.42. The van der Waals surface area contributed by atoms with Gasteiger partial charge in [-0.1, -0.05) is 31.2 Å². The summed E-state index contributed by atoms with van der Waals surface area (Å²) < 4.78 is 0. The van der Waals surface area contributed by atoms with E-state index >= 15 is 0 Å². The lowest BCUT2D eigenvalue weighted by Gasteiger charge is -2.13. The van der Waals surface area contributed by atoms with E-state index in [1.165, 1.54) is 5.56 Å².